The van der Waals surface area contributed by atoms with E-state index < -0.39 is 21.2 Å². The van der Waals surface area contributed by atoms with E-state index in [2.05, 4.69) is 24.6 Å². The van der Waals surface area contributed by atoms with Gasteiger partial charge in [0.05, 0.1) is 28.5 Å². The molecule has 5 rings (SSSR count). The lowest BCUT2D eigenvalue weighted by Crippen LogP contribution is -2.42. The van der Waals surface area contributed by atoms with Crippen molar-refractivity contribution in [1.82, 2.24) is 19.7 Å². The second-order valence-electron chi connectivity index (χ2n) is 10.5. The molecule has 2 aliphatic rings. The maximum atomic E-state index is 13.5. The van der Waals surface area contributed by atoms with Gasteiger partial charge in [0, 0.05) is 30.8 Å². The monoisotopic (exact) mass is 543 g/mol. The van der Waals surface area contributed by atoms with Gasteiger partial charge in [-0.05, 0) is 82.7 Å². The number of sulfonamides is 1. The van der Waals surface area contributed by atoms with Crippen molar-refractivity contribution in [3.63, 3.8) is 0 Å². The summed E-state index contributed by atoms with van der Waals surface area (Å²) < 4.78 is 46.0. The zero-order valence-electron chi connectivity index (χ0n) is 21.7. The first kappa shape index (κ1) is 26.6. The number of pyridine rings is 1. The molecule has 0 bridgehead atoms. The Kier molecular flexibility index (Phi) is 7.67. The predicted molar refractivity (Wildman–Crippen MR) is 144 cm³/mol. The molecule has 0 radical (unpaired) electrons. The first-order valence-electron chi connectivity index (χ1n) is 13.3. The number of carbonyl (C=O) groups excluding carboxylic acids is 1. The second kappa shape index (κ2) is 11.0. The summed E-state index contributed by atoms with van der Waals surface area (Å²) >= 11 is 0. The van der Waals surface area contributed by atoms with Gasteiger partial charge >= 0.3 is 0 Å². The van der Waals surface area contributed by atoms with Crippen LogP contribution < -0.4 is 9.62 Å². The molecule has 2 aromatic heterocycles. The van der Waals surface area contributed by atoms with E-state index >= 15 is 0 Å². The van der Waals surface area contributed by atoms with Gasteiger partial charge in [0.25, 0.3) is 0 Å². The average Bonchev–Trinajstić information content (AvgIpc) is 3.32. The summed E-state index contributed by atoms with van der Waals surface area (Å²) in [6, 6.07) is 8.44. The minimum absolute atomic E-state index is 0.104. The highest BCUT2D eigenvalue weighted by molar-refractivity contribution is 7.90. The molecule has 9 nitrogen and oxygen atoms in total. The van der Waals surface area contributed by atoms with Gasteiger partial charge in [0.2, 0.25) is 15.9 Å². The third-order valence-corrected chi connectivity index (χ3v) is 9.25. The molecule has 1 amide bonds. The van der Waals surface area contributed by atoms with Gasteiger partial charge in [-0.15, -0.1) is 0 Å². The number of carbonyl (C=O) groups is 1. The number of aromatic amines is 1. The van der Waals surface area contributed by atoms with Crippen molar-refractivity contribution < 1.29 is 22.3 Å². The first-order valence-corrected chi connectivity index (χ1v) is 14.8. The van der Waals surface area contributed by atoms with Gasteiger partial charge in [0.15, 0.2) is 0 Å². The Morgan fingerprint density at radius 1 is 1.08 bits per heavy atom. The van der Waals surface area contributed by atoms with Crippen LogP contribution in [0.3, 0.4) is 0 Å². The highest BCUT2D eigenvalue weighted by Gasteiger charge is 2.32. The molecule has 3 heterocycles. The lowest BCUT2D eigenvalue weighted by Gasteiger charge is -2.36. The summed E-state index contributed by atoms with van der Waals surface area (Å²) in [7, 11) is -3.59. The third-order valence-electron chi connectivity index (χ3n) is 7.52. The SMILES string of the molecule is CC(C)S(=O)(=O)NC(=O)C1CCC(OC2CCN(c3ccc(-c4nc5ccc(F)cc5[nH]4)cn3)CC2)CC1. The quantitative estimate of drug-likeness (QED) is 0.459. The summed E-state index contributed by atoms with van der Waals surface area (Å²) in [6.45, 7) is 4.80. The topological polar surface area (TPSA) is 117 Å². The number of piperidine rings is 1. The highest BCUT2D eigenvalue weighted by atomic mass is 32.2. The molecule has 0 unspecified atom stereocenters. The molecule has 1 saturated heterocycles. The van der Waals surface area contributed by atoms with Crippen LogP contribution in [0, 0.1) is 11.7 Å². The van der Waals surface area contributed by atoms with E-state index in [1.807, 2.05) is 12.1 Å². The van der Waals surface area contributed by atoms with Crippen LogP contribution in [0.25, 0.3) is 22.4 Å². The number of benzene rings is 1. The lowest BCUT2D eigenvalue weighted by molar-refractivity contribution is -0.125. The van der Waals surface area contributed by atoms with Crippen LogP contribution in [0.15, 0.2) is 36.5 Å². The summed E-state index contributed by atoms with van der Waals surface area (Å²) in [4.78, 5) is 26.9. The molecule has 1 aliphatic carbocycles. The van der Waals surface area contributed by atoms with Crippen molar-refractivity contribution in [2.45, 2.75) is 69.8 Å². The van der Waals surface area contributed by atoms with E-state index in [0.29, 0.717) is 29.7 Å². The normalized spacial score (nSPS) is 21.2. The zero-order chi connectivity index (χ0) is 26.9. The molecule has 1 aliphatic heterocycles. The van der Waals surface area contributed by atoms with Gasteiger partial charge in [-0.1, -0.05) is 0 Å². The van der Waals surface area contributed by atoms with Crippen molar-refractivity contribution in [1.29, 1.82) is 0 Å². The number of hydrogen-bond donors (Lipinski definition) is 2. The minimum atomic E-state index is -3.59. The Balaban J connectivity index is 1.08. The summed E-state index contributed by atoms with van der Waals surface area (Å²) in [6.07, 6.45) is 6.64. The van der Waals surface area contributed by atoms with Crippen molar-refractivity contribution >= 4 is 32.8 Å². The molecule has 38 heavy (non-hydrogen) atoms. The Labute approximate surface area is 222 Å². The number of imidazole rings is 1. The summed E-state index contributed by atoms with van der Waals surface area (Å²) in [5.74, 6) is 0.587. The fourth-order valence-electron chi connectivity index (χ4n) is 5.13. The molecule has 1 saturated carbocycles. The van der Waals surface area contributed by atoms with E-state index in [-0.39, 0.29) is 23.9 Å². The van der Waals surface area contributed by atoms with E-state index in [0.717, 1.165) is 50.2 Å². The molecule has 3 aromatic rings. The van der Waals surface area contributed by atoms with Gasteiger partial charge in [-0.3, -0.25) is 9.52 Å². The van der Waals surface area contributed by atoms with Gasteiger partial charge in [-0.2, -0.15) is 0 Å². The second-order valence-corrected chi connectivity index (χ2v) is 12.7. The predicted octanol–water partition coefficient (Wildman–Crippen LogP) is 4.16. The molecule has 204 valence electrons. The molecular weight excluding hydrogens is 509 g/mol. The van der Waals surface area contributed by atoms with Crippen molar-refractivity contribution in [2.24, 2.45) is 5.92 Å². The number of halogens is 1. The smallest absolute Gasteiger partial charge is 0.237 e. The van der Waals surface area contributed by atoms with Crippen LogP contribution in [-0.4, -0.2) is 59.8 Å². The minimum Gasteiger partial charge on any atom is -0.375 e. The maximum absolute atomic E-state index is 13.5. The number of ether oxygens (including phenoxy) is 1. The van der Waals surface area contributed by atoms with Crippen LogP contribution in [0.1, 0.15) is 52.4 Å². The standard InChI is InChI=1S/C27H34FN5O4S/c1-17(2)38(35,36)32-27(34)18-3-7-21(8-4-18)37-22-11-13-33(14-12-22)25-10-5-19(16-29-25)26-30-23-9-6-20(28)15-24(23)31-26/h5-6,9-10,15-18,21-22H,3-4,7-8,11-14H2,1-2H3,(H,30,31)(H,32,34). The van der Waals surface area contributed by atoms with E-state index in [4.69, 9.17) is 4.74 Å². The largest absolute Gasteiger partial charge is 0.375 e. The number of amides is 1. The number of aromatic nitrogens is 3. The molecule has 1 aromatic carbocycles. The van der Waals surface area contributed by atoms with Gasteiger partial charge in [-0.25, -0.2) is 22.8 Å². The average molecular weight is 544 g/mol. The fraction of sp³-hybridized carbons (Fsp3) is 0.519. The Morgan fingerprint density at radius 3 is 2.45 bits per heavy atom. The molecule has 11 heteroatoms. The Morgan fingerprint density at radius 2 is 1.79 bits per heavy atom. The summed E-state index contributed by atoms with van der Waals surface area (Å²) in [5, 5.41) is -0.631. The molecule has 0 atom stereocenters. The Hall–Kier alpha value is -3.05. The number of nitrogens with zero attached hydrogens (tertiary/aromatic N) is 3. The van der Waals surface area contributed by atoms with Gasteiger partial charge < -0.3 is 14.6 Å². The fourth-order valence-corrected chi connectivity index (χ4v) is 5.81. The van der Waals surface area contributed by atoms with Crippen molar-refractivity contribution in [3.05, 3.63) is 42.3 Å². The molecule has 0 spiro atoms. The zero-order valence-corrected chi connectivity index (χ0v) is 22.5. The van der Waals surface area contributed by atoms with Crippen molar-refractivity contribution in [3.8, 4) is 11.4 Å². The maximum Gasteiger partial charge on any atom is 0.237 e. The van der Waals surface area contributed by atoms with Crippen LogP contribution in [0.4, 0.5) is 10.2 Å². The third kappa shape index (κ3) is 5.99. The first-order chi connectivity index (χ1) is 18.2. The number of H-pyrrole nitrogens is 1. The number of rotatable bonds is 7. The van der Waals surface area contributed by atoms with E-state index in [1.165, 1.54) is 12.1 Å². The number of nitrogens with one attached hydrogen (secondary N) is 2. The van der Waals surface area contributed by atoms with Gasteiger partial charge in [0.1, 0.15) is 17.5 Å². The summed E-state index contributed by atoms with van der Waals surface area (Å²) in [5.41, 5.74) is 2.21. The molecule has 2 fully saturated rings. The number of fused-ring (bicyclic) bond motifs is 1. The molecular formula is C27H34FN5O4S. The molecule has 2 N–H and O–H groups in total. The van der Waals surface area contributed by atoms with E-state index in [9.17, 15) is 17.6 Å². The van der Waals surface area contributed by atoms with Crippen LogP contribution in [-0.2, 0) is 19.6 Å². The Bertz CT molecular complexity index is 1380. The highest BCUT2D eigenvalue weighted by Crippen LogP contribution is 2.30. The lowest BCUT2D eigenvalue weighted by atomic mass is 9.87. The van der Waals surface area contributed by atoms with Crippen LogP contribution >= 0.6 is 0 Å². The number of anilines is 1. The van der Waals surface area contributed by atoms with Crippen molar-refractivity contribution in [2.75, 3.05) is 18.0 Å². The van der Waals surface area contributed by atoms with Crippen LogP contribution in [0.2, 0.25) is 0 Å². The van der Waals surface area contributed by atoms with E-state index in [1.54, 1.807) is 26.1 Å². The number of hydrogen-bond acceptors (Lipinski definition) is 7. The van der Waals surface area contributed by atoms with Crippen LogP contribution in [0.5, 0.6) is 0 Å².